The first-order valence-electron chi connectivity index (χ1n) is 4.04. The molecular formula is C9H6BrCl2N3. The van der Waals surface area contributed by atoms with Gasteiger partial charge < -0.3 is 10.7 Å². The molecule has 3 N–H and O–H groups in total. The van der Waals surface area contributed by atoms with Crippen molar-refractivity contribution in [3.05, 3.63) is 32.8 Å². The summed E-state index contributed by atoms with van der Waals surface area (Å²) < 4.78 is 0.698. The Labute approximate surface area is 105 Å². The van der Waals surface area contributed by atoms with E-state index in [4.69, 9.17) is 28.9 Å². The molecule has 1 aromatic heterocycles. The predicted molar refractivity (Wildman–Crippen MR) is 66.2 cm³/mol. The summed E-state index contributed by atoms with van der Waals surface area (Å²) in [6.07, 6.45) is 0. The second kappa shape index (κ2) is 4.04. The number of nitrogens with one attached hydrogen (secondary N) is 1. The molecule has 0 saturated carbocycles. The summed E-state index contributed by atoms with van der Waals surface area (Å²) in [6, 6.07) is 5.21. The van der Waals surface area contributed by atoms with E-state index in [0.717, 1.165) is 5.56 Å². The van der Waals surface area contributed by atoms with E-state index < -0.39 is 0 Å². The smallest absolute Gasteiger partial charge is 0.198 e. The molecule has 0 aliphatic carbocycles. The Morgan fingerprint density at radius 1 is 1.33 bits per heavy atom. The lowest BCUT2D eigenvalue weighted by molar-refractivity contribution is 1.31. The van der Waals surface area contributed by atoms with Crippen molar-refractivity contribution < 1.29 is 0 Å². The van der Waals surface area contributed by atoms with Crippen LogP contribution in [-0.4, -0.2) is 9.97 Å². The van der Waals surface area contributed by atoms with E-state index in [9.17, 15) is 0 Å². The standard InChI is InChI=1S/C9H6BrCl2N3/c10-8-7(14-9(13)15-8)5-2-1-4(11)3-6(5)12/h1-3H,(H3,13,14,15). The van der Waals surface area contributed by atoms with Crippen LogP contribution in [0.15, 0.2) is 22.8 Å². The number of benzene rings is 1. The molecule has 0 aliphatic heterocycles. The molecule has 0 spiro atoms. The molecule has 0 radical (unpaired) electrons. The highest BCUT2D eigenvalue weighted by Gasteiger charge is 2.12. The van der Waals surface area contributed by atoms with Gasteiger partial charge in [0.2, 0.25) is 0 Å². The maximum atomic E-state index is 6.05. The van der Waals surface area contributed by atoms with Gasteiger partial charge in [0.1, 0.15) is 10.3 Å². The van der Waals surface area contributed by atoms with Gasteiger partial charge in [-0.2, -0.15) is 0 Å². The summed E-state index contributed by atoms with van der Waals surface area (Å²) in [5.74, 6) is 0.336. The maximum absolute atomic E-state index is 6.05. The highest BCUT2D eigenvalue weighted by atomic mass is 79.9. The Hall–Kier alpha value is -0.710. The molecule has 0 bridgehead atoms. The molecule has 2 aromatic rings. The minimum Gasteiger partial charge on any atom is -0.369 e. The first-order valence-corrected chi connectivity index (χ1v) is 5.59. The zero-order valence-corrected chi connectivity index (χ0v) is 10.5. The quantitative estimate of drug-likeness (QED) is 0.843. The Morgan fingerprint density at radius 3 is 2.60 bits per heavy atom. The fourth-order valence-electron chi connectivity index (χ4n) is 1.23. The molecule has 78 valence electrons. The lowest BCUT2D eigenvalue weighted by Gasteiger charge is -2.01. The maximum Gasteiger partial charge on any atom is 0.198 e. The van der Waals surface area contributed by atoms with Crippen LogP contribution >= 0.6 is 39.1 Å². The second-order valence-electron chi connectivity index (χ2n) is 2.91. The summed E-state index contributed by atoms with van der Waals surface area (Å²) in [7, 11) is 0. The third-order valence-corrected chi connectivity index (χ3v) is 2.99. The average molecular weight is 307 g/mol. The van der Waals surface area contributed by atoms with Crippen LogP contribution in [0.5, 0.6) is 0 Å². The number of nitrogens with zero attached hydrogens (tertiary/aromatic N) is 1. The molecule has 0 aliphatic rings. The molecule has 0 unspecified atom stereocenters. The van der Waals surface area contributed by atoms with Crippen LogP contribution < -0.4 is 5.73 Å². The highest BCUT2D eigenvalue weighted by molar-refractivity contribution is 9.10. The summed E-state index contributed by atoms with van der Waals surface area (Å²) in [5.41, 5.74) is 6.98. The fourth-order valence-corrected chi connectivity index (χ4v) is 2.23. The summed E-state index contributed by atoms with van der Waals surface area (Å²) in [4.78, 5) is 6.96. The van der Waals surface area contributed by atoms with Crippen molar-refractivity contribution in [2.75, 3.05) is 5.73 Å². The topological polar surface area (TPSA) is 54.7 Å². The van der Waals surface area contributed by atoms with Gasteiger partial charge >= 0.3 is 0 Å². The number of H-pyrrole nitrogens is 1. The molecule has 1 heterocycles. The van der Waals surface area contributed by atoms with E-state index in [1.165, 1.54) is 0 Å². The average Bonchev–Trinajstić information content (AvgIpc) is 2.45. The summed E-state index contributed by atoms with van der Waals surface area (Å²) in [6.45, 7) is 0. The van der Waals surface area contributed by atoms with Crippen LogP contribution in [0, 0.1) is 0 Å². The third-order valence-electron chi connectivity index (χ3n) is 1.86. The van der Waals surface area contributed by atoms with Gasteiger partial charge in [-0.15, -0.1) is 0 Å². The van der Waals surface area contributed by atoms with E-state index in [2.05, 4.69) is 25.9 Å². The lowest BCUT2D eigenvalue weighted by atomic mass is 10.2. The van der Waals surface area contributed by atoms with Crippen molar-refractivity contribution in [1.82, 2.24) is 9.97 Å². The molecule has 6 heteroatoms. The van der Waals surface area contributed by atoms with Crippen LogP contribution in [0.3, 0.4) is 0 Å². The molecule has 0 saturated heterocycles. The van der Waals surface area contributed by atoms with Crippen LogP contribution in [0.1, 0.15) is 0 Å². The SMILES string of the molecule is Nc1nc(-c2ccc(Cl)cc2Cl)c(Br)[nH]1. The first-order chi connectivity index (χ1) is 7.08. The lowest BCUT2D eigenvalue weighted by Crippen LogP contribution is -1.85. The Bertz CT molecular complexity index is 510. The van der Waals surface area contributed by atoms with Crippen molar-refractivity contribution in [1.29, 1.82) is 0 Å². The summed E-state index contributed by atoms with van der Waals surface area (Å²) >= 11 is 15.2. The normalized spacial score (nSPS) is 10.6. The minimum atomic E-state index is 0.336. The van der Waals surface area contributed by atoms with Gasteiger partial charge in [-0.1, -0.05) is 23.2 Å². The highest BCUT2D eigenvalue weighted by Crippen LogP contribution is 2.33. The molecule has 3 nitrogen and oxygen atoms in total. The monoisotopic (exact) mass is 305 g/mol. The van der Waals surface area contributed by atoms with Gasteiger partial charge in [-0.3, -0.25) is 0 Å². The number of nitrogens with two attached hydrogens (primary N) is 1. The van der Waals surface area contributed by atoms with Gasteiger partial charge in [-0.25, -0.2) is 4.98 Å². The van der Waals surface area contributed by atoms with Crippen LogP contribution in [-0.2, 0) is 0 Å². The number of aromatic amines is 1. The van der Waals surface area contributed by atoms with Crippen LogP contribution in [0.2, 0.25) is 10.0 Å². The molecule has 15 heavy (non-hydrogen) atoms. The molecule has 0 fully saturated rings. The largest absolute Gasteiger partial charge is 0.369 e. The van der Waals surface area contributed by atoms with E-state index in [-0.39, 0.29) is 0 Å². The van der Waals surface area contributed by atoms with Gasteiger partial charge in [0.05, 0.1) is 5.02 Å². The zero-order valence-electron chi connectivity index (χ0n) is 7.39. The molecule has 2 rings (SSSR count). The van der Waals surface area contributed by atoms with Crippen molar-refractivity contribution in [2.45, 2.75) is 0 Å². The van der Waals surface area contributed by atoms with Gasteiger partial charge in [0, 0.05) is 10.6 Å². The molecule has 1 aromatic carbocycles. The number of hydrogen-bond donors (Lipinski definition) is 2. The van der Waals surface area contributed by atoms with E-state index >= 15 is 0 Å². The number of anilines is 1. The van der Waals surface area contributed by atoms with Gasteiger partial charge in [-0.05, 0) is 34.1 Å². The fraction of sp³-hybridized carbons (Fsp3) is 0. The second-order valence-corrected chi connectivity index (χ2v) is 4.55. The van der Waals surface area contributed by atoms with E-state index in [1.54, 1.807) is 18.2 Å². The van der Waals surface area contributed by atoms with E-state index in [1.807, 2.05) is 0 Å². The number of nitrogen functional groups attached to an aromatic ring is 1. The molecule has 0 amide bonds. The number of imidazole rings is 1. The number of hydrogen-bond acceptors (Lipinski definition) is 2. The zero-order chi connectivity index (χ0) is 11.0. The number of aromatic nitrogens is 2. The van der Waals surface area contributed by atoms with Crippen LogP contribution in [0.25, 0.3) is 11.3 Å². The van der Waals surface area contributed by atoms with Crippen molar-refractivity contribution >= 4 is 45.1 Å². The third kappa shape index (κ3) is 2.12. The molecular weight excluding hydrogens is 301 g/mol. The summed E-state index contributed by atoms with van der Waals surface area (Å²) in [5, 5.41) is 1.12. The van der Waals surface area contributed by atoms with Crippen molar-refractivity contribution in [3.63, 3.8) is 0 Å². The first kappa shape index (κ1) is 10.8. The van der Waals surface area contributed by atoms with E-state index in [0.29, 0.717) is 26.3 Å². The predicted octanol–water partition coefficient (Wildman–Crippen LogP) is 3.73. The van der Waals surface area contributed by atoms with Gasteiger partial charge in [0.15, 0.2) is 5.95 Å². The van der Waals surface area contributed by atoms with Crippen molar-refractivity contribution in [2.24, 2.45) is 0 Å². The number of rotatable bonds is 1. The Morgan fingerprint density at radius 2 is 2.07 bits per heavy atom. The van der Waals surface area contributed by atoms with Crippen molar-refractivity contribution in [3.8, 4) is 11.3 Å². The Kier molecular flexibility index (Phi) is 2.91. The number of halogens is 3. The Balaban J connectivity index is 2.59. The van der Waals surface area contributed by atoms with Crippen LogP contribution in [0.4, 0.5) is 5.95 Å². The molecule has 0 atom stereocenters. The minimum absolute atomic E-state index is 0.336. The van der Waals surface area contributed by atoms with Gasteiger partial charge in [0.25, 0.3) is 0 Å².